The van der Waals surface area contributed by atoms with Gasteiger partial charge in [0.05, 0.1) is 12.9 Å². The van der Waals surface area contributed by atoms with Crippen molar-refractivity contribution in [3.63, 3.8) is 0 Å². The number of rotatable bonds is 5. The van der Waals surface area contributed by atoms with Crippen LogP contribution in [0.5, 0.6) is 0 Å². The number of amides is 1. The summed E-state index contributed by atoms with van der Waals surface area (Å²) >= 11 is 0. The minimum atomic E-state index is -0.292. The zero-order chi connectivity index (χ0) is 15.4. The molecule has 1 saturated carbocycles. The second-order valence-electron chi connectivity index (χ2n) is 5.96. The molecule has 1 amide bonds. The summed E-state index contributed by atoms with van der Waals surface area (Å²) in [5.41, 5.74) is 0.0249. The summed E-state index contributed by atoms with van der Waals surface area (Å²) in [6.07, 6.45) is 6.82. The van der Waals surface area contributed by atoms with Crippen LogP contribution in [0, 0.1) is 5.41 Å². The van der Waals surface area contributed by atoms with Crippen molar-refractivity contribution < 1.29 is 18.8 Å². The molecule has 1 aliphatic carbocycles. The molecule has 0 radical (unpaired) electrons. The monoisotopic (exact) mass is 304 g/mol. The summed E-state index contributed by atoms with van der Waals surface area (Å²) in [6, 6.07) is 5.04. The summed E-state index contributed by atoms with van der Waals surface area (Å²) in [4.78, 5) is 12.2. The van der Waals surface area contributed by atoms with E-state index in [-0.39, 0.29) is 23.6 Å². The molecule has 118 valence electrons. The first kappa shape index (κ1) is 14.8. The smallest absolute Gasteiger partial charge is 0.273 e. The lowest BCUT2D eigenvalue weighted by Crippen LogP contribution is -2.41. The van der Waals surface area contributed by atoms with E-state index in [1.54, 1.807) is 18.2 Å². The average Bonchev–Trinajstić information content (AvgIpc) is 3.24. The molecule has 0 atom stereocenters. The topological polar surface area (TPSA) is 88.5 Å². The maximum Gasteiger partial charge on any atom is 0.273 e. The Balaban J connectivity index is 1.62. The number of furan rings is 1. The molecule has 0 aromatic carbocycles. The maximum absolute atomic E-state index is 12.2. The highest BCUT2D eigenvalue weighted by Crippen LogP contribution is 2.35. The molecule has 3 rings (SSSR count). The molecule has 22 heavy (non-hydrogen) atoms. The Hall–Kier alpha value is -2.08. The maximum atomic E-state index is 12.2. The van der Waals surface area contributed by atoms with Crippen LogP contribution in [0.4, 0.5) is 0 Å². The van der Waals surface area contributed by atoms with Crippen LogP contribution in [-0.2, 0) is 0 Å². The van der Waals surface area contributed by atoms with E-state index < -0.39 is 0 Å². The third kappa shape index (κ3) is 3.06. The van der Waals surface area contributed by atoms with E-state index in [9.17, 15) is 9.90 Å². The largest absolute Gasteiger partial charge is 0.461 e. The van der Waals surface area contributed by atoms with Crippen LogP contribution in [0.2, 0.25) is 0 Å². The van der Waals surface area contributed by atoms with Crippen molar-refractivity contribution >= 4 is 5.91 Å². The van der Waals surface area contributed by atoms with E-state index in [4.69, 9.17) is 8.94 Å². The van der Waals surface area contributed by atoms with Crippen molar-refractivity contribution in [1.82, 2.24) is 10.5 Å². The molecule has 0 saturated heterocycles. The van der Waals surface area contributed by atoms with Gasteiger partial charge in [-0.25, -0.2) is 0 Å². The minimum absolute atomic E-state index is 0.101. The molecule has 2 N–H and O–H groups in total. The van der Waals surface area contributed by atoms with Crippen LogP contribution in [-0.4, -0.2) is 29.3 Å². The van der Waals surface area contributed by atoms with E-state index in [1.807, 2.05) is 0 Å². The minimum Gasteiger partial charge on any atom is -0.461 e. The van der Waals surface area contributed by atoms with Gasteiger partial charge < -0.3 is 19.4 Å². The Kier molecular flexibility index (Phi) is 4.29. The third-order valence-electron chi connectivity index (χ3n) is 4.38. The Bertz CT molecular complexity index is 612. The van der Waals surface area contributed by atoms with Gasteiger partial charge >= 0.3 is 0 Å². The molecule has 6 heteroatoms. The fraction of sp³-hybridized carbons (Fsp3) is 0.500. The molecule has 0 bridgehead atoms. The van der Waals surface area contributed by atoms with E-state index in [1.165, 1.54) is 12.7 Å². The summed E-state index contributed by atoms with van der Waals surface area (Å²) < 4.78 is 10.3. The number of aliphatic hydroxyl groups is 1. The van der Waals surface area contributed by atoms with Crippen LogP contribution in [0.15, 0.2) is 33.4 Å². The molecule has 0 unspecified atom stereocenters. The molecular weight excluding hydrogens is 284 g/mol. The lowest BCUT2D eigenvalue weighted by Gasteiger charge is -2.35. The third-order valence-corrected chi connectivity index (χ3v) is 4.38. The highest BCUT2D eigenvalue weighted by Gasteiger charge is 2.32. The van der Waals surface area contributed by atoms with Crippen molar-refractivity contribution in [2.24, 2.45) is 5.41 Å². The van der Waals surface area contributed by atoms with Crippen LogP contribution in [0.3, 0.4) is 0 Å². The Morgan fingerprint density at radius 3 is 2.82 bits per heavy atom. The highest BCUT2D eigenvalue weighted by molar-refractivity contribution is 5.92. The molecule has 2 heterocycles. The normalized spacial score (nSPS) is 17.3. The Labute approximate surface area is 128 Å². The summed E-state index contributed by atoms with van der Waals surface area (Å²) in [6.45, 7) is 0.565. The molecular formula is C16H20N2O4. The second-order valence-corrected chi connectivity index (χ2v) is 5.96. The Morgan fingerprint density at radius 2 is 2.14 bits per heavy atom. The van der Waals surface area contributed by atoms with E-state index in [0.717, 1.165) is 25.7 Å². The molecule has 2 aromatic rings. The van der Waals surface area contributed by atoms with Gasteiger partial charge in [0.25, 0.3) is 5.91 Å². The van der Waals surface area contributed by atoms with Gasteiger partial charge in [0.1, 0.15) is 0 Å². The predicted octanol–water partition coefficient (Wildman–Crippen LogP) is 2.61. The van der Waals surface area contributed by atoms with E-state index in [2.05, 4.69) is 10.5 Å². The SMILES string of the molecule is O=C(NCC1(CO)CCCCC1)c1cc(-c2ccco2)on1. The summed E-state index contributed by atoms with van der Waals surface area (Å²) in [5.74, 6) is 0.662. The van der Waals surface area contributed by atoms with Crippen LogP contribution in [0.1, 0.15) is 42.6 Å². The van der Waals surface area contributed by atoms with Gasteiger partial charge in [0.15, 0.2) is 11.5 Å². The number of hydrogen-bond acceptors (Lipinski definition) is 5. The van der Waals surface area contributed by atoms with Gasteiger partial charge in [-0.1, -0.05) is 24.4 Å². The quantitative estimate of drug-likeness (QED) is 0.886. The zero-order valence-corrected chi connectivity index (χ0v) is 12.4. The highest BCUT2D eigenvalue weighted by atomic mass is 16.5. The lowest BCUT2D eigenvalue weighted by molar-refractivity contribution is 0.0713. The molecule has 0 spiro atoms. The molecule has 0 aliphatic heterocycles. The van der Waals surface area contributed by atoms with Gasteiger partial charge in [0, 0.05) is 18.0 Å². The van der Waals surface area contributed by atoms with Crippen molar-refractivity contribution in [2.45, 2.75) is 32.1 Å². The van der Waals surface area contributed by atoms with Gasteiger partial charge in [-0.15, -0.1) is 0 Å². The Morgan fingerprint density at radius 1 is 1.32 bits per heavy atom. The van der Waals surface area contributed by atoms with Crippen LogP contribution in [0.25, 0.3) is 11.5 Å². The first-order valence-corrected chi connectivity index (χ1v) is 7.62. The summed E-state index contributed by atoms with van der Waals surface area (Å²) in [7, 11) is 0. The van der Waals surface area contributed by atoms with Gasteiger partial charge in [-0.3, -0.25) is 4.79 Å². The van der Waals surface area contributed by atoms with Gasteiger partial charge in [0.2, 0.25) is 5.76 Å². The number of nitrogens with one attached hydrogen (secondary N) is 1. The molecule has 6 nitrogen and oxygen atoms in total. The second kappa shape index (κ2) is 6.36. The van der Waals surface area contributed by atoms with E-state index in [0.29, 0.717) is 18.1 Å². The fourth-order valence-corrected chi connectivity index (χ4v) is 2.97. The number of aromatic nitrogens is 1. The lowest BCUT2D eigenvalue weighted by atomic mass is 9.74. The van der Waals surface area contributed by atoms with Crippen molar-refractivity contribution in [3.05, 3.63) is 30.2 Å². The number of hydrogen-bond donors (Lipinski definition) is 2. The first-order valence-electron chi connectivity index (χ1n) is 7.62. The number of aliphatic hydroxyl groups excluding tert-OH is 1. The predicted molar refractivity (Wildman–Crippen MR) is 79.1 cm³/mol. The number of carbonyl (C=O) groups is 1. The van der Waals surface area contributed by atoms with Gasteiger partial charge in [-0.2, -0.15) is 0 Å². The van der Waals surface area contributed by atoms with Crippen molar-refractivity contribution in [1.29, 1.82) is 0 Å². The van der Waals surface area contributed by atoms with Crippen molar-refractivity contribution in [3.8, 4) is 11.5 Å². The molecule has 1 aliphatic rings. The van der Waals surface area contributed by atoms with Gasteiger partial charge in [-0.05, 0) is 25.0 Å². The average molecular weight is 304 g/mol. The first-order chi connectivity index (χ1) is 10.7. The summed E-state index contributed by atoms with van der Waals surface area (Å²) in [5, 5.41) is 16.3. The number of carbonyl (C=O) groups excluding carboxylic acids is 1. The van der Waals surface area contributed by atoms with Crippen molar-refractivity contribution in [2.75, 3.05) is 13.2 Å². The molecule has 2 aromatic heterocycles. The molecule has 1 fully saturated rings. The standard InChI is InChI=1S/C16H20N2O4/c19-11-16(6-2-1-3-7-16)10-17-15(20)12-9-14(22-18-12)13-5-4-8-21-13/h4-5,8-9,19H,1-3,6-7,10-11H2,(H,17,20). The number of nitrogens with zero attached hydrogens (tertiary/aromatic N) is 1. The van der Waals surface area contributed by atoms with Crippen LogP contribution < -0.4 is 5.32 Å². The van der Waals surface area contributed by atoms with Crippen LogP contribution >= 0.6 is 0 Å². The fourth-order valence-electron chi connectivity index (χ4n) is 2.97. The van der Waals surface area contributed by atoms with E-state index >= 15 is 0 Å². The zero-order valence-electron chi connectivity index (χ0n) is 12.4.